The summed E-state index contributed by atoms with van der Waals surface area (Å²) in [5, 5.41) is 7.28. The summed E-state index contributed by atoms with van der Waals surface area (Å²) in [6.45, 7) is 8.40. The number of benzene rings is 3. The fourth-order valence-corrected chi connectivity index (χ4v) is 3.88. The zero-order valence-corrected chi connectivity index (χ0v) is 18.2. The van der Waals surface area contributed by atoms with Crippen molar-refractivity contribution in [1.82, 2.24) is 10.4 Å². The van der Waals surface area contributed by atoms with E-state index in [1.165, 1.54) is 0 Å². The summed E-state index contributed by atoms with van der Waals surface area (Å²) >= 11 is 0. The molecule has 31 heavy (non-hydrogen) atoms. The van der Waals surface area contributed by atoms with Gasteiger partial charge in [0.15, 0.2) is 0 Å². The molecule has 0 aliphatic carbocycles. The quantitative estimate of drug-likeness (QED) is 0.350. The standard InChI is InChI=1S/C26H25N3O2/c1-5-31-24-11-10-19-8-6-7-9-21(19)23(24)15-27-29-26(30)22-14-20-13-16(2)12-17(3)25(20)28-18(22)4/h6-15H,5H2,1-4H3,(H,29,30)/b27-15+. The van der Waals surface area contributed by atoms with E-state index in [2.05, 4.69) is 21.6 Å². The molecular weight excluding hydrogens is 386 g/mol. The van der Waals surface area contributed by atoms with Crippen LogP contribution >= 0.6 is 0 Å². The Kier molecular flexibility index (Phi) is 5.67. The number of fused-ring (bicyclic) bond motifs is 2. The Balaban J connectivity index is 1.65. The molecule has 1 amide bonds. The first kappa shape index (κ1) is 20.5. The topological polar surface area (TPSA) is 63.6 Å². The smallest absolute Gasteiger partial charge is 0.273 e. The molecule has 1 aromatic heterocycles. The van der Waals surface area contributed by atoms with Crippen molar-refractivity contribution in [1.29, 1.82) is 0 Å². The largest absolute Gasteiger partial charge is 0.493 e. The number of aryl methyl sites for hydroxylation is 3. The van der Waals surface area contributed by atoms with Gasteiger partial charge >= 0.3 is 0 Å². The molecular formula is C26H25N3O2. The summed E-state index contributed by atoms with van der Waals surface area (Å²) in [5.74, 6) is 0.439. The minimum absolute atomic E-state index is 0.291. The van der Waals surface area contributed by atoms with Crippen molar-refractivity contribution in [3.05, 3.63) is 82.5 Å². The van der Waals surface area contributed by atoms with E-state index in [-0.39, 0.29) is 5.91 Å². The van der Waals surface area contributed by atoms with Crippen molar-refractivity contribution in [2.75, 3.05) is 6.61 Å². The summed E-state index contributed by atoms with van der Waals surface area (Å²) < 4.78 is 5.76. The number of carbonyl (C=O) groups is 1. The lowest BCUT2D eigenvalue weighted by molar-refractivity contribution is 0.0954. The van der Waals surface area contributed by atoms with Crippen molar-refractivity contribution in [2.45, 2.75) is 27.7 Å². The summed E-state index contributed by atoms with van der Waals surface area (Å²) in [4.78, 5) is 17.5. The lowest BCUT2D eigenvalue weighted by atomic mass is 10.0. The minimum Gasteiger partial charge on any atom is -0.493 e. The van der Waals surface area contributed by atoms with E-state index in [0.717, 1.165) is 44.1 Å². The Hall–Kier alpha value is -3.73. The van der Waals surface area contributed by atoms with E-state index in [1.807, 2.05) is 76.2 Å². The van der Waals surface area contributed by atoms with Crippen molar-refractivity contribution >= 4 is 33.8 Å². The van der Waals surface area contributed by atoms with E-state index in [4.69, 9.17) is 4.74 Å². The van der Waals surface area contributed by atoms with Crippen LogP contribution in [-0.2, 0) is 0 Å². The molecule has 3 aromatic carbocycles. The van der Waals surface area contributed by atoms with Crippen LogP contribution in [0.5, 0.6) is 5.75 Å². The number of nitrogens with one attached hydrogen (secondary N) is 1. The second-order valence-corrected chi connectivity index (χ2v) is 7.61. The van der Waals surface area contributed by atoms with Crippen LogP contribution in [0.25, 0.3) is 21.7 Å². The molecule has 156 valence electrons. The number of aromatic nitrogens is 1. The van der Waals surface area contributed by atoms with Crippen LogP contribution in [-0.4, -0.2) is 23.7 Å². The van der Waals surface area contributed by atoms with Crippen LogP contribution in [0.1, 0.15) is 39.7 Å². The Labute approximate surface area is 181 Å². The maximum Gasteiger partial charge on any atom is 0.273 e. The first-order chi connectivity index (χ1) is 15.0. The lowest BCUT2D eigenvalue weighted by Gasteiger charge is -2.11. The molecule has 0 spiro atoms. The number of pyridine rings is 1. The Morgan fingerprint density at radius 3 is 2.68 bits per heavy atom. The zero-order chi connectivity index (χ0) is 22.0. The Bertz CT molecular complexity index is 1330. The first-order valence-corrected chi connectivity index (χ1v) is 10.3. The molecule has 1 heterocycles. The van der Waals surface area contributed by atoms with Gasteiger partial charge in [-0.3, -0.25) is 9.78 Å². The molecule has 4 rings (SSSR count). The van der Waals surface area contributed by atoms with Crippen LogP contribution in [0.2, 0.25) is 0 Å². The number of rotatable bonds is 5. The van der Waals surface area contributed by atoms with Crippen LogP contribution in [0.15, 0.2) is 59.7 Å². The van der Waals surface area contributed by atoms with Gasteiger partial charge in [-0.15, -0.1) is 0 Å². The summed E-state index contributed by atoms with van der Waals surface area (Å²) in [6, 6.07) is 18.0. The highest BCUT2D eigenvalue weighted by Gasteiger charge is 2.13. The summed E-state index contributed by atoms with van der Waals surface area (Å²) in [6.07, 6.45) is 1.64. The van der Waals surface area contributed by atoms with Crippen LogP contribution in [0, 0.1) is 20.8 Å². The van der Waals surface area contributed by atoms with Crippen LogP contribution in [0.4, 0.5) is 0 Å². The van der Waals surface area contributed by atoms with Gasteiger partial charge in [0.25, 0.3) is 5.91 Å². The van der Waals surface area contributed by atoms with Crippen molar-refractivity contribution in [3.63, 3.8) is 0 Å². The van der Waals surface area contributed by atoms with Gasteiger partial charge in [-0.1, -0.05) is 42.0 Å². The molecule has 5 nitrogen and oxygen atoms in total. The third kappa shape index (κ3) is 4.12. The monoisotopic (exact) mass is 411 g/mol. The Morgan fingerprint density at radius 1 is 1.06 bits per heavy atom. The molecule has 4 aromatic rings. The summed E-state index contributed by atoms with van der Waals surface area (Å²) in [7, 11) is 0. The molecule has 0 saturated carbocycles. The molecule has 0 radical (unpaired) electrons. The van der Waals surface area contributed by atoms with Gasteiger partial charge in [0.05, 0.1) is 29.6 Å². The SMILES string of the molecule is CCOc1ccc2ccccc2c1/C=N/NC(=O)c1cc2cc(C)cc(C)c2nc1C. The normalized spacial score (nSPS) is 11.4. The number of amides is 1. The minimum atomic E-state index is -0.291. The highest BCUT2D eigenvalue weighted by Crippen LogP contribution is 2.27. The average Bonchev–Trinajstić information content (AvgIpc) is 2.75. The molecule has 0 fully saturated rings. The number of hydrogen-bond donors (Lipinski definition) is 1. The van der Waals surface area contributed by atoms with Gasteiger partial charge in [0.2, 0.25) is 0 Å². The van der Waals surface area contributed by atoms with Gasteiger partial charge in [-0.05, 0) is 62.2 Å². The fourth-order valence-electron chi connectivity index (χ4n) is 3.88. The second kappa shape index (κ2) is 8.56. The molecule has 1 N–H and O–H groups in total. The van der Waals surface area contributed by atoms with Gasteiger partial charge < -0.3 is 4.74 Å². The van der Waals surface area contributed by atoms with Gasteiger partial charge in [0.1, 0.15) is 5.75 Å². The maximum absolute atomic E-state index is 12.8. The van der Waals surface area contributed by atoms with Crippen molar-refractivity contribution in [3.8, 4) is 5.75 Å². The van der Waals surface area contributed by atoms with Gasteiger partial charge in [0, 0.05) is 10.9 Å². The number of ether oxygens (including phenoxy) is 1. The van der Waals surface area contributed by atoms with Crippen LogP contribution < -0.4 is 10.2 Å². The first-order valence-electron chi connectivity index (χ1n) is 10.3. The Morgan fingerprint density at radius 2 is 1.87 bits per heavy atom. The molecule has 0 saturated heterocycles. The number of carbonyl (C=O) groups excluding carboxylic acids is 1. The molecule has 0 atom stereocenters. The van der Waals surface area contributed by atoms with Gasteiger partial charge in [-0.2, -0.15) is 5.10 Å². The second-order valence-electron chi connectivity index (χ2n) is 7.61. The van der Waals surface area contributed by atoms with Gasteiger partial charge in [-0.25, -0.2) is 5.43 Å². The number of nitrogens with zero attached hydrogens (tertiary/aromatic N) is 2. The average molecular weight is 412 g/mol. The third-order valence-corrected chi connectivity index (χ3v) is 5.28. The highest BCUT2D eigenvalue weighted by atomic mass is 16.5. The lowest BCUT2D eigenvalue weighted by Crippen LogP contribution is -2.19. The fraction of sp³-hybridized carbons (Fsp3) is 0.192. The van der Waals surface area contributed by atoms with E-state index < -0.39 is 0 Å². The van der Waals surface area contributed by atoms with Crippen molar-refractivity contribution in [2.24, 2.45) is 5.10 Å². The predicted molar refractivity (Wildman–Crippen MR) is 126 cm³/mol. The number of hydrogen-bond acceptors (Lipinski definition) is 4. The molecule has 0 unspecified atom stereocenters. The number of hydrazone groups is 1. The van der Waals surface area contributed by atoms with E-state index in [9.17, 15) is 4.79 Å². The van der Waals surface area contributed by atoms with Crippen molar-refractivity contribution < 1.29 is 9.53 Å². The zero-order valence-electron chi connectivity index (χ0n) is 18.2. The molecule has 0 aliphatic heterocycles. The molecule has 0 bridgehead atoms. The van der Waals surface area contributed by atoms with Crippen LogP contribution in [0.3, 0.4) is 0 Å². The van der Waals surface area contributed by atoms with E-state index in [0.29, 0.717) is 17.9 Å². The maximum atomic E-state index is 12.8. The summed E-state index contributed by atoms with van der Waals surface area (Å²) in [5.41, 5.74) is 7.82. The molecule has 0 aliphatic rings. The highest BCUT2D eigenvalue weighted by molar-refractivity contribution is 6.04. The van der Waals surface area contributed by atoms with E-state index >= 15 is 0 Å². The molecule has 5 heteroatoms. The third-order valence-electron chi connectivity index (χ3n) is 5.28. The predicted octanol–water partition coefficient (Wildman–Crippen LogP) is 5.48. The van der Waals surface area contributed by atoms with E-state index in [1.54, 1.807) is 6.21 Å².